The molecule has 0 bridgehead atoms. The van der Waals surface area contributed by atoms with Crippen LogP contribution in [0.2, 0.25) is 0 Å². The zero-order valence-electron chi connectivity index (χ0n) is 22.9. The maximum atomic E-state index is 13.8. The highest BCUT2D eigenvalue weighted by molar-refractivity contribution is 5.84. The Labute approximate surface area is 228 Å². The highest BCUT2D eigenvalue weighted by Gasteiger charge is 2.68. The molecule has 1 heterocycles. The van der Waals surface area contributed by atoms with Crippen molar-refractivity contribution in [2.24, 2.45) is 34.5 Å². The fourth-order valence-corrected chi connectivity index (χ4v) is 9.35. The molecule has 5 fully saturated rings. The lowest BCUT2D eigenvalue weighted by Gasteiger charge is -2.61. The molecule has 39 heavy (non-hydrogen) atoms. The minimum Gasteiger partial charge on any atom is -0.467 e. The first-order valence-corrected chi connectivity index (χ1v) is 14.3. The Morgan fingerprint density at radius 3 is 2.46 bits per heavy atom. The number of fused-ring (bicyclic) bond motifs is 5. The standard InChI is InChI=1S/C28H44O11/c1-26-8-6-14(38-25-22(34)20(32)21(33)23(39-25)24(35)37-3)10-13(26)4-5-15-16-7-9-28(36,18(31)12-29)27(16,2)11-17(30)19(15)26/h13-16,18-23,25,29,31-34,36H,4-12H2,1-3H3/t13-,14-,15+,16+,18-,19-,20-,21+,22-,23+,25-,26+,27+,28+/m1/s1. The number of aliphatic hydroxyl groups excluding tert-OH is 5. The van der Waals surface area contributed by atoms with E-state index in [4.69, 9.17) is 9.47 Å². The first kappa shape index (κ1) is 29.3. The molecule has 0 aromatic carbocycles. The Balaban J connectivity index is 1.30. The van der Waals surface area contributed by atoms with E-state index in [0.717, 1.165) is 20.0 Å². The maximum absolute atomic E-state index is 13.8. The van der Waals surface area contributed by atoms with Gasteiger partial charge >= 0.3 is 5.97 Å². The molecule has 0 radical (unpaired) electrons. The van der Waals surface area contributed by atoms with Crippen LogP contribution >= 0.6 is 0 Å². The summed E-state index contributed by atoms with van der Waals surface area (Å²) < 4.78 is 16.3. The molecule has 4 saturated carbocycles. The molecule has 6 N–H and O–H groups in total. The molecule has 5 rings (SSSR count). The summed E-state index contributed by atoms with van der Waals surface area (Å²) in [6.07, 6.45) is -4.42. The Bertz CT molecular complexity index is 960. The van der Waals surface area contributed by atoms with Crippen molar-refractivity contribution in [2.45, 2.75) is 114 Å². The second-order valence-corrected chi connectivity index (χ2v) is 13.2. The Kier molecular flexibility index (Phi) is 7.72. The van der Waals surface area contributed by atoms with Crippen LogP contribution in [0.3, 0.4) is 0 Å². The largest absolute Gasteiger partial charge is 0.467 e. The van der Waals surface area contributed by atoms with Crippen molar-refractivity contribution >= 4 is 11.8 Å². The monoisotopic (exact) mass is 556 g/mol. The third kappa shape index (κ3) is 4.31. The van der Waals surface area contributed by atoms with Crippen LogP contribution in [0.25, 0.3) is 0 Å². The fourth-order valence-electron chi connectivity index (χ4n) is 9.35. The van der Waals surface area contributed by atoms with Crippen LogP contribution in [0.4, 0.5) is 0 Å². The van der Waals surface area contributed by atoms with Crippen molar-refractivity contribution < 1.29 is 54.4 Å². The third-order valence-electron chi connectivity index (χ3n) is 11.6. The molecule has 4 aliphatic carbocycles. The lowest BCUT2D eigenvalue weighted by molar-refractivity contribution is -0.309. The zero-order chi connectivity index (χ0) is 28.5. The quantitative estimate of drug-likeness (QED) is 0.192. The van der Waals surface area contributed by atoms with Gasteiger partial charge in [0, 0.05) is 17.8 Å². The molecule has 0 aromatic rings. The Morgan fingerprint density at radius 2 is 1.79 bits per heavy atom. The van der Waals surface area contributed by atoms with Gasteiger partial charge in [-0.3, -0.25) is 4.79 Å². The highest BCUT2D eigenvalue weighted by Crippen LogP contribution is 2.67. The number of ether oxygens (including phenoxy) is 3. The van der Waals surface area contributed by atoms with Crippen molar-refractivity contribution in [3.63, 3.8) is 0 Å². The summed E-state index contributed by atoms with van der Waals surface area (Å²) in [5.74, 6) is -0.588. The van der Waals surface area contributed by atoms with Gasteiger partial charge in [-0.05, 0) is 68.1 Å². The smallest absolute Gasteiger partial charge is 0.337 e. The molecule has 11 heteroatoms. The van der Waals surface area contributed by atoms with Gasteiger partial charge in [0.15, 0.2) is 12.4 Å². The molecule has 5 aliphatic rings. The number of methoxy groups -OCH3 is 1. The SMILES string of the molecule is COC(=O)[C@H]1O[C@@H](O[C@@H]2CC[C@@]3(C)[C@H](CC[C@@H]4[C@@H]3C(=O)C[C@@]3(C)[C@H]4CC[C@]3(O)[C@H](O)CO)C2)[C@H](O)[C@H](O)[C@@H]1O. The van der Waals surface area contributed by atoms with E-state index >= 15 is 0 Å². The summed E-state index contributed by atoms with van der Waals surface area (Å²) in [6.45, 7) is 3.53. The Hall–Kier alpha value is -1.18. The summed E-state index contributed by atoms with van der Waals surface area (Å²) >= 11 is 0. The van der Waals surface area contributed by atoms with E-state index in [0.29, 0.717) is 32.1 Å². The van der Waals surface area contributed by atoms with E-state index in [1.165, 1.54) is 0 Å². The van der Waals surface area contributed by atoms with Crippen LogP contribution in [-0.2, 0) is 23.8 Å². The lowest BCUT2D eigenvalue weighted by atomic mass is 9.44. The van der Waals surface area contributed by atoms with Gasteiger partial charge in [0.25, 0.3) is 0 Å². The minimum atomic E-state index is -1.65. The van der Waals surface area contributed by atoms with Gasteiger partial charge in [-0.1, -0.05) is 13.8 Å². The van der Waals surface area contributed by atoms with Gasteiger partial charge in [-0.2, -0.15) is 0 Å². The van der Waals surface area contributed by atoms with Crippen molar-refractivity contribution in [1.82, 2.24) is 0 Å². The maximum Gasteiger partial charge on any atom is 0.337 e. The minimum absolute atomic E-state index is 0.0760. The van der Waals surface area contributed by atoms with Gasteiger partial charge in [0.05, 0.1) is 25.4 Å². The lowest BCUT2D eigenvalue weighted by Crippen LogP contribution is -2.63. The van der Waals surface area contributed by atoms with E-state index in [9.17, 15) is 40.2 Å². The summed E-state index contributed by atoms with van der Waals surface area (Å²) in [7, 11) is 1.14. The summed E-state index contributed by atoms with van der Waals surface area (Å²) in [6, 6.07) is 0. The van der Waals surface area contributed by atoms with Crippen molar-refractivity contribution in [3.8, 4) is 0 Å². The molecule has 1 aliphatic heterocycles. The number of ketones is 1. The number of Topliss-reactive ketones (excluding diaryl/α,β-unsaturated/α-hetero) is 1. The highest BCUT2D eigenvalue weighted by atomic mass is 16.7. The van der Waals surface area contributed by atoms with Crippen molar-refractivity contribution in [3.05, 3.63) is 0 Å². The molecule has 222 valence electrons. The predicted molar refractivity (Wildman–Crippen MR) is 134 cm³/mol. The summed E-state index contributed by atoms with van der Waals surface area (Å²) in [5.41, 5.74) is -2.54. The van der Waals surface area contributed by atoms with E-state index in [-0.39, 0.29) is 47.4 Å². The number of carbonyl (C=O) groups excluding carboxylic acids is 2. The summed E-state index contributed by atoms with van der Waals surface area (Å²) in [4.78, 5) is 25.9. The van der Waals surface area contributed by atoms with Gasteiger partial charge in [-0.15, -0.1) is 0 Å². The van der Waals surface area contributed by atoms with E-state index in [1.54, 1.807) is 0 Å². The second kappa shape index (κ2) is 10.3. The molecule has 0 spiro atoms. The molecule has 0 unspecified atom stereocenters. The molecule has 0 amide bonds. The van der Waals surface area contributed by atoms with Crippen molar-refractivity contribution in [1.29, 1.82) is 0 Å². The van der Waals surface area contributed by atoms with Gasteiger partial charge in [-0.25, -0.2) is 4.79 Å². The third-order valence-corrected chi connectivity index (χ3v) is 11.6. The molecule has 11 nitrogen and oxygen atoms in total. The normalized spacial score (nSPS) is 52.4. The molecular weight excluding hydrogens is 512 g/mol. The molecule has 0 aromatic heterocycles. The van der Waals surface area contributed by atoms with Gasteiger partial charge in [0.1, 0.15) is 30.2 Å². The average Bonchev–Trinajstić information content (AvgIpc) is 3.18. The first-order valence-electron chi connectivity index (χ1n) is 14.3. The van der Waals surface area contributed by atoms with E-state index in [1.807, 2.05) is 6.92 Å². The van der Waals surface area contributed by atoms with Crippen LogP contribution in [0.5, 0.6) is 0 Å². The number of aliphatic hydroxyl groups is 6. The zero-order valence-corrected chi connectivity index (χ0v) is 22.9. The van der Waals surface area contributed by atoms with Crippen molar-refractivity contribution in [2.75, 3.05) is 13.7 Å². The van der Waals surface area contributed by atoms with Crippen LogP contribution in [0, 0.1) is 34.5 Å². The van der Waals surface area contributed by atoms with Gasteiger partial charge in [0.2, 0.25) is 0 Å². The number of carbonyl (C=O) groups is 2. The topological polar surface area (TPSA) is 183 Å². The number of hydrogen-bond acceptors (Lipinski definition) is 11. The number of hydrogen-bond donors (Lipinski definition) is 6. The molecule has 14 atom stereocenters. The van der Waals surface area contributed by atoms with E-state index < -0.39 is 60.4 Å². The Morgan fingerprint density at radius 1 is 1.08 bits per heavy atom. The van der Waals surface area contributed by atoms with Crippen LogP contribution < -0.4 is 0 Å². The predicted octanol–water partition coefficient (Wildman–Crippen LogP) is -0.342. The average molecular weight is 557 g/mol. The first-order chi connectivity index (χ1) is 18.3. The second-order valence-electron chi connectivity index (χ2n) is 13.2. The van der Waals surface area contributed by atoms with E-state index in [2.05, 4.69) is 11.7 Å². The number of esters is 1. The molecule has 1 saturated heterocycles. The van der Waals surface area contributed by atoms with Crippen LogP contribution in [-0.4, -0.2) is 105 Å². The molecular formula is C28H44O11. The van der Waals surface area contributed by atoms with Crippen LogP contribution in [0.1, 0.15) is 65.2 Å². The fraction of sp³-hybridized carbons (Fsp3) is 0.929. The van der Waals surface area contributed by atoms with Crippen LogP contribution in [0.15, 0.2) is 0 Å². The summed E-state index contributed by atoms with van der Waals surface area (Å²) in [5, 5.41) is 62.5. The number of rotatable bonds is 5. The van der Waals surface area contributed by atoms with Gasteiger partial charge < -0.3 is 44.8 Å².